The van der Waals surface area contributed by atoms with E-state index in [4.69, 9.17) is 11.6 Å². The first-order chi connectivity index (χ1) is 10.5. The van der Waals surface area contributed by atoms with Crippen molar-refractivity contribution in [2.45, 2.75) is 39.7 Å². The number of guanidine groups is 1. The van der Waals surface area contributed by atoms with Gasteiger partial charge in [-0.1, -0.05) is 24.6 Å². The molecule has 0 saturated carbocycles. The minimum Gasteiger partial charge on any atom is -0.356 e. The molecule has 0 aliphatic rings. The second-order valence-corrected chi connectivity index (χ2v) is 5.57. The summed E-state index contributed by atoms with van der Waals surface area (Å²) in [4.78, 5) is 16.1. The molecule has 6 heteroatoms. The van der Waals surface area contributed by atoms with Gasteiger partial charge in [0.15, 0.2) is 5.96 Å². The van der Waals surface area contributed by atoms with Gasteiger partial charge in [0.2, 0.25) is 5.91 Å². The smallest absolute Gasteiger partial charge is 0.226 e. The van der Waals surface area contributed by atoms with Crippen LogP contribution in [0.1, 0.15) is 32.3 Å². The van der Waals surface area contributed by atoms with Crippen LogP contribution in [-0.4, -0.2) is 31.5 Å². The summed E-state index contributed by atoms with van der Waals surface area (Å²) in [5.74, 6) is 0.651. The predicted molar refractivity (Wildman–Crippen MR) is 93.7 cm³/mol. The molecule has 22 heavy (non-hydrogen) atoms. The van der Waals surface area contributed by atoms with E-state index in [1.165, 1.54) is 0 Å². The molecular weight excluding hydrogens is 300 g/mol. The molecule has 0 radical (unpaired) electrons. The summed E-state index contributed by atoms with van der Waals surface area (Å²) in [6, 6.07) is 5.81. The summed E-state index contributed by atoms with van der Waals surface area (Å²) in [7, 11) is 1.72. The Labute approximate surface area is 137 Å². The van der Waals surface area contributed by atoms with E-state index >= 15 is 0 Å². The lowest BCUT2D eigenvalue weighted by atomic mass is 10.2. The monoisotopic (exact) mass is 324 g/mol. The summed E-state index contributed by atoms with van der Waals surface area (Å²) in [6.45, 7) is 6.59. The average molecular weight is 325 g/mol. The predicted octanol–water partition coefficient (Wildman–Crippen LogP) is 2.94. The fourth-order valence-corrected chi connectivity index (χ4v) is 1.95. The van der Waals surface area contributed by atoms with Gasteiger partial charge in [-0.05, 0) is 38.0 Å². The molecule has 1 atom stereocenters. The van der Waals surface area contributed by atoms with Crippen molar-refractivity contribution < 1.29 is 4.79 Å². The van der Waals surface area contributed by atoms with Crippen molar-refractivity contribution in [2.24, 2.45) is 4.99 Å². The van der Waals surface area contributed by atoms with Crippen LogP contribution in [0.3, 0.4) is 0 Å². The zero-order valence-corrected chi connectivity index (χ0v) is 14.4. The summed E-state index contributed by atoms with van der Waals surface area (Å²) in [5, 5.41) is 9.89. The maximum Gasteiger partial charge on any atom is 0.226 e. The van der Waals surface area contributed by atoms with Crippen molar-refractivity contribution in [2.75, 3.05) is 18.9 Å². The lowest BCUT2D eigenvalue weighted by Crippen LogP contribution is -2.42. The topological polar surface area (TPSA) is 65.5 Å². The number of nitrogens with zero attached hydrogens (tertiary/aromatic N) is 1. The first kappa shape index (κ1) is 18.3. The number of nitrogens with one attached hydrogen (secondary N) is 3. The van der Waals surface area contributed by atoms with E-state index in [1.807, 2.05) is 19.1 Å². The van der Waals surface area contributed by atoms with Gasteiger partial charge in [0.1, 0.15) is 0 Å². The fraction of sp³-hybridized carbons (Fsp3) is 0.500. The van der Waals surface area contributed by atoms with Crippen molar-refractivity contribution in [1.29, 1.82) is 0 Å². The van der Waals surface area contributed by atoms with Crippen LogP contribution in [0.25, 0.3) is 0 Å². The molecule has 0 aliphatic carbocycles. The van der Waals surface area contributed by atoms with E-state index in [9.17, 15) is 4.79 Å². The molecule has 5 nitrogen and oxygen atoms in total. The number of rotatable bonds is 6. The van der Waals surface area contributed by atoms with Crippen LogP contribution in [0.4, 0.5) is 5.69 Å². The van der Waals surface area contributed by atoms with Crippen LogP contribution in [0, 0.1) is 6.92 Å². The lowest BCUT2D eigenvalue weighted by Gasteiger charge is -2.16. The van der Waals surface area contributed by atoms with Crippen molar-refractivity contribution in [3.63, 3.8) is 0 Å². The molecule has 3 N–H and O–H groups in total. The molecular formula is C16H25ClN4O. The van der Waals surface area contributed by atoms with Crippen molar-refractivity contribution in [3.05, 3.63) is 28.8 Å². The highest BCUT2D eigenvalue weighted by atomic mass is 35.5. The Morgan fingerprint density at radius 1 is 1.41 bits per heavy atom. The molecule has 1 rings (SSSR count). The van der Waals surface area contributed by atoms with Gasteiger partial charge >= 0.3 is 0 Å². The van der Waals surface area contributed by atoms with E-state index in [-0.39, 0.29) is 5.91 Å². The number of hydrogen-bond donors (Lipinski definition) is 3. The second-order valence-electron chi connectivity index (χ2n) is 5.16. The van der Waals surface area contributed by atoms with Crippen LogP contribution in [0.15, 0.2) is 23.2 Å². The number of hydrogen-bond acceptors (Lipinski definition) is 2. The number of amides is 1. The molecule has 0 bridgehead atoms. The molecule has 0 saturated heterocycles. The molecule has 0 aromatic heterocycles. The minimum atomic E-state index is -0.0585. The van der Waals surface area contributed by atoms with Gasteiger partial charge in [0.25, 0.3) is 0 Å². The summed E-state index contributed by atoms with van der Waals surface area (Å²) in [5.41, 5.74) is 1.62. The first-order valence-corrected chi connectivity index (χ1v) is 7.87. The molecule has 1 unspecified atom stereocenters. The third kappa shape index (κ3) is 5.93. The summed E-state index contributed by atoms with van der Waals surface area (Å²) in [6.07, 6.45) is 1.36. The first-order valence-electron chi connectivity index (χ1n) is 7.50. The van der Waals surface area contributed by atoms with Crippen LogP contribution in [-0.2, 0) is 4.79 Å². The van der Waals surface area contributed by atoms with Gasteiger partial charge in [0, 0.05) is 36.8 Å². The Hall–Kier alpha value is -1.75. The normalized spacial score (nSPS) is 12.7. The van der Waals surface area contributed by atoms with Crippen molar-refractivity contribution in [3.8, 4) is 0 Å². The number of aliphatic imine (C=N–C) groups is 1. The van der Waals surface area contributed by atoms with Gasteiger partial charge in [-0.2, -0.15) is 0 Å². The molecule has 0 heterocycles. The Balaban J connectivity index is 2.41. The van der Waals surface area contributed by atoms with E-state index in [2.05, 4.69) is 34.8 Å². The minimum absolute atomic E-state index is 0.0585. The number of benzene rings is 1. The molecule has 0 spiro atoms. The van der Waals surface area contributed by atoms with Gasteiger partial charge in [-0.25, -0.2) is 0 Å². The van der Waals surface area contributed by atoms with E-state index in [0.717, 1.165) is 17.7 Å². The molecule has 1 aromatic rings. The van der Waals surface area contributed by atoms with Crippen molar-refractivity contribution in [1.82, 2.24) is 10.6 Å². The zero-order chi connectivity index (χ0) is 16.5. The van der Waals surface area contributed by atoms with Crippen LogP contribution < -0.4 is 16.0 Å². The highest BCUT2D eigenvalue weighted by Crippen LogP contribution is 2.22. The number of carbonyl (C=O) groups excluding carboxylic acids is 1. The van der Waals surface area contributed by atoms with E-state index in [1.54, 1.807) is 13.1 Å². The van der Waals surface area contributed by atoms with Gasteiger partial charge in [0.05, 0.1) is 0 Å². The average Bonchev–Trinajstić information content (AvgIpc) is 2.50. The van der Waals surface area contributed by atoms with E-state index < -0.39 is 0 Å². The quantitative estimate of drug-likeness (QED) is 0.557. The van der Waals surface area contributed by atoms with E-state index in [0.29, 0.717) is 30.0 Å². The Kier molecular flexibility index (Phi) is 7.74. The molecule has 1 amide bonds. The Morgan fingerprint density at radius 2 is 2.14 bits per heavy atom. The number of carbonyl (C=O) groups is 1. The number of halogens is 1. The highest BCUT2D eigenvalue weighted by Gasteiger charge is 2.07. The largest absolute Gasteiger partial charge is 0.356 e. The Bertz CT molecular complexity index is 531. The van der Waals surface area contributed by atoms with Crippen LogP contribution >= 0.6 is 11.6 Å². The fourth-order valence-electron chi connectivity index (χ4n) is 1.78. The number of anilines is 1. The van der Waals surface area contributed by atoms with Crippen LogP contribution in [0.5, 0.6) is 0 Å². The summed E-state index contributed by atoms with van der Waals surface area (Å²) < 4.78 is 0. The molecule has 1 aromatic carbocycles. The highest BCUT2D eigenvalue weighted by molar-refractivity contribution is 6.31. The van der Waals surface area contributed by atoms with Crippen molar-refractivity contribution >= 4 is 29.2 Å². The summed E-state index contributed by atoms with van der Waals surface area (Å²) >= 11 is 6.04. The van der Waals surface area contributed by atoms with Gasteiger partial charge < -0.3 is 16.0 Å². The van der Waals surface area contributed by atoms with Gasteiger partial charge in [-0.15, -0.1) is 0 Å². The molecule has 122 valence electrons. The second kappa shape index (κ2) is 9.30. The Morgan fingerprint density at radius 3 is 2.77 bits per heavy atom. The lowest BCUT2D eigenvalue weighted by molar-refractivity contribution is -0.116. The maximum absolute atomic E-state index is 12.0. The standard InChI is InChI=1S/C16H25ClN4O/c1-5-11(2)20-16(18-4)19-10-9-15(22)21-14-8-6-7-13(17)12(14)3/h6-8,11H,5,9-10H2,1-4H3,(H,21,22)(H2,18,19,20). The van der Waals surface area contributed by atoms with Crippen LogP contribution in [0.2, 0.25) is 5.02 Å². The SMILES string of the molecule is CCC(C)NC(=NC)NCCC(=O)Nc1cccc(Cl)c1C. The zero-order valence-electron chi connectivity index (χ0n) is 13.7. The molecule has 0 fully saturated rings. The maximum atomic E-state index is 12.0. The van der Waals surface area contributed by atoms with Gasteiger partial charge in [-0.3, -0.25) is 9.79 Å². The third-order valence-electron chi connectivity index (χ3n) is 3.41. The third-order valence-corrected chi connectivity index (χ3v) is 3.81. The molecule has 0 aliphatic heterocycles.